The SMILES string of the molecule is Cc1ccc(CN2Cc3ccnn3C[C@@H](CNS(C)(=O)=O)C2)s1. The van der Waals surface area contributed by atoms with E-state index in [1.54, 1.807) is 0 Å². The largest absolute Gasteiger partial charge is 0.292 e. The quantitative estimate of drug-likeness (QED) is 0.882. The Kier molecular flexibility index (Phi) is 4.86. The number of thiophene rings is 1. The van der Waals surface area contributed by atoms with Crippen LogP contribution in [0, 0.1) is 12.8 Å². The lowest BCUT2D eigenvalue weighted by Crippen LogP contribution is -2.36. The van der Waals surface area contributed by atoms with E-state index in [9.17, 15) is 8.42 Å². The summed E-state index contributed by atoms with van der Waals surface area (Å²) >= 11 is 1.81. The van der Waals surface area contributed by atoms with Crippen molar-refractivity contribution in [2.75, 3.05) is 19.3 Å². The van der Waals surface area contributed by atoms with Gasteiger partial charge in [0.25, 0.3) is 0 Å². The summed E-state index contributed by atoms with van der Waals surface area (Å²) in [6.45, 7) is 5.88. The van der Waals surface area contributed by atoms with Crippen molar-refractivity contribution in [1.29, 1.82) is 0 Å². The molecule has 2 aromatic rings. The zero-order valence-corrected chi connectivity index (χ0v) is 15.0. The summed E-state index contributed by atoms with van der Waals surface area (Å²) in [5.41, 5.74) is 1.18. The van der Waals surface area contributed by atoms with E-state index in [4.69, 9.17) is 0 Å². The van der Waals surface area contributed by atoms with Gasteiger partial charge in [0.1, 0.15) is 0 Å². The molecule has 0 saturated heterocycles. The highest BCUT2D eigenvalue weighted by Crippen LogP contribution is 2.21. The Labute approximate surface area is 141 Å². The predicted octanol–water partition coefficient (Wildman–Crippen LogP) is 1.43. The lowest BCUT2D eigenvalue weighted by Gasteiger charge is -2.23. The predicted molar refractivity (Wildman–Crippen MR) is 91.7 cm³/mol. The van der Waals surface area contributed by atoms with Crippen LogP contribution in [0.1, 0.15) is 15.4 Å². The number of fused-ring (bicyclic) bond motifs is 1. The van der Waals surface area contributed by atoms with Crippen molar-refractivity contribution in [3.63, 3.8) is 0 Å². The summed E-state index contributed by atoms with van der Waals surface area (Å²) in [5, 5.41) is 4.37. The van der Waals surface area contributed by atoms with Crippen molar-refractivity contribution in [2.24, 2.45) is 5.92 Å². The molecular weight excluding hydrogens is 332 g/mol. The highest BCUT2D eigenvalue weighted by atomic mass is 32.2. The van der Waals surface area contributed by atoms with Gasteiger partial charge in [-0.15, -0.1) is 11.3 Å². The molecule has 0 fully saturated rings. The molecule has 3 heterocycles. The fraction of sp³-hybridized carbons (Fsp3) is 0.533. The molecule has 1 aliphatic rings. The normalized spacial score (nSPS) is 19.5. The van der Waals surface area contributed by atoms with Gasteiger partial charge in [0, 0.05) is 54.6 Å². The van der Waals surface area contributed by atoms with Gasteiger partial charge in [0.15, 0.2) is 0 Å². The third kappa shape index (κ3) is 4.63. The van der Waals surface area contributed by atoms with Crippen LogP contribution in [-0.2, 0) is 29.7 Å². The minimum absolute atomic E-state index is 0.201. The van der Waals surface area contributed by atoms with Crippen LogP contribution in [0.5, 0.6) is 0 Å². The van der Waals surface area contributed by atoms with Crippen molar-refractivity contribution in [3.05, 3.63) is 39.8 Å². The lowest BCUT2D eigenvalue weighted by atomic mass is 10.1. The number of nitrogens with zero attached hydrogens (tertiary/aromatic N) is 3. The van der Waals surface area contributed by atoms with Crippen molar-refractivity contribution >= 4 is 21.4 Å². The number of hydrogen-bond donors (Lipinski definition) is 1. The molecule has 1 N–H and O–H groups in total. The van der Waals surface area contributed by atoms with E-state index in [2.05, 4.69) is 33.8 Å². The van der Waals surface area contributed by atoms with E-state index in [0.29, 0.717) is 6.54 Å². The standard InChI is InChI=1S/C15H22N4O2S2/c1-12-3-4-15(22-12)11-18-8-13(7-17-23(2,20)21)9-19-14(10-18)5-6-16-19/h3-6,13,17H,7-11H2,1-2H3/t13-/m0/s1. The van der Waals surface area contributed by atoms with Crippen LogP contribution >= 0.6 is 11.3 Å². The Balaban J connectivity index is 1.74. The van der Waals surface area contributed by atoms with Gasteiger partial charge in [-0.05, 0) is 25.1 Å². The fourth-order valence-corrected chi connectivity index (χ4v) is 4.40. The minimum Gasteiger partial charge on any atom is -0.292 e. The first kappa shape index (κ1) is 16.6. The van der Waals surface area contributed by atoms with Gasteiger partial charge in [0.05, 0.1) is 11.9 Å². The monoisotopic (exact) mass is 354 g/mol. The highest BCUT2D eigenvalue weighted by Gasteiger charge is 2.23. The smallest absolute Gasteiger partial charge is 0.208 e. The molecule has 0 spiro atoms. The first-order valence-corrected chi connectivity index (χ1v) is 10.3. The Morgan fingerprint density at radius 1 is 1.35 bits per heavy atom. The molecule has 3 rings (SSSR count). The summed E-state index contributed by atoms with van der Waals surface area (Å²) in [4.78, 5) is 5.03. The van der Waals surface area contributed by atoms with Crippen LogP contribution in [0.4, 0.5) is 0 Å². The molecule has 0 radical (unpaired) electrons. The molecule has 8 heteroatoms. The van der Waals surface area contributed by atoms with Crippen molar-refractivity contribution < 1.29 is 8.42 Å². The van der Waals surface area contributed by atoms with Crippen LogP contribution in [0.25, 0.3) is 0 Å². The first-order chi connectivity index (χ1) is 10.9. The maximum Gasteiger partial charge on any atom is 0.208 e. The number of nitrogens with one attached hydrogen (secondary N) is 1. The Bertz CT molecular complexity index is 766. The Morgan fingerprint density at radius 3 is 2.87 bits per heavy atom. The topological polar surface area (TPSA) is 67.2 Å². The third-order valence-corrected chi connectivity index (χ3v) is 5.62. The summed E-state index contributed by atoms with van der Waals surface area (Å²) in [6, 6.07) is 6.36. The Morgan fingerprint density at radius 2 is 2.17 bits per heavy atom. The molecule has 1 aliphatic heterocycles. The van der Waals surface area contributed by atoms with E-state index in [1.165, 1.54) is 21.7 Å². The first-order valence-electron chi connectivity index (χ1n) is 7.62. The molecule has 0 aromatic carbocycles. The molecule has 0 bridgehead atoms. The second-order valence-electron chi connectivity index (χ2n) is 6.17. The molecule has 0 aliphatic carbocycles. The summed E-state index contributed by atoms with van der Waals surface area (Å²) < 4.78 is 27.4. The van der Waals surface area contributed by atoms with Crippen molar-refractivity contribution in [1.82, 2.24) is 19.4 Å². The average Bonchev–Trinajstić information content (AvgIpc) is 3.01. The summed E-state index contributed by atoms with van der Waals surface area (Å²) in [6.07, 6.45) is 3.02. The van der Waals surface area contributed by atoms with Gasteiger partial charge in [-0.25, -0.2) is 13.1 Å². The van der Waals surface area contributed by atoms with Gasteiger partial charge in [-0.1, -0.05) is 0 Å². The molecule has 23 heavy (non-hydrogen) atoms. The molecule has 1 atom stereocenters. The van der Waals surface area contributed by atoms with E-state index in [1.807, 2.05) is 28.3 Å². The maximum absolute atomic E-state index is 11.4. The summed E-state index contributed by atoms with van der Waals surface area (Å²) in [5.74, 6) is 0.201. The average molecular weight is 355 g/mol. The van der Waals surface area contributed by atoms with Crippen LogP contribution in [-0.4, -0.2) is 42.4 Å². The van der Waals surface area contributed by atoms with E-state index in [-0.39, 0.29) is 5.92 Å². The second kappa shape index (κ2) is 6.72. The number of sulfonamides is 1. The molecule has 0 amide bonds. The number of rotatable bonds is 5. The Hall–Kier alpha value is -1.22. The highest BCUT2D eigenvalue weighted by molar-refractivity contribution is 7.88. The molecule has 0 saturated carbocycles. The minimum atomic E-state index is -3.17. The molecule has 126 valence electrons. The van der Waals surface area contributed by atoms with Crippen molar-refractivity contribution in [2.45, 2.75) is 26.6 Å². The van der Waals surface area contributed by atoms with Crippen LogP contribution in [0.15, 0.2) is 24.4 Å². The zero-order valence-electron chi connectivity index (χ0n) is 13.4. The van der Waals surface area contributed by atoms with Gasteiger partial charge >= 0.3 is 0 Å². The summed E-state index contributed by atoms with van der Waals surface area (Å²) in [7, 11) is -3.17. The molecule has 0 unspecified atom stereocenters. The molecule has 2 aromatic heterocycles. The second-order valence-corrected chi connectivity index (χ2v) is 9.38. The van der Waals surface area contributed by atoms with E-state index in [0.717, 1.165) is 26.2 Å². The lowest BCUT2D eigenvalue weighted by molar-refractivity contribution is 0.223. The van der Waals surface area contributed by atoms with Gasteiger partial charge in [-0.2, -0.15) is 5.10 Å². The fourth-order valence-electron chi connectivity index (χ4n) is 2.93. The zero-order chi connectivity index (χ0) is 16.4. The maximum atomic E-state index is 11.4. The van der Waals surface area contributed by atoms with Gasteiger partial charge in [-0.3, -0.25) is 9.58 Å². The number of hydrogen-bond acceptors (Lipinski definition) is 5. The van der Waals surface area contributed by atoms with E-state index < -0.39 is 10.0 Å². The van der Waals surface area contributed by atoms with Crippen molar-refractivity contribution in [3.8, 4) is 0 Å². The van der Waals surface area contributed by atoms with Crippen LogP contribution in [0.2, 0.25) is 0 Å². The third-order valence-electron chi connectivity index (χ3n) is 3.95. The number of aryl methyl sites for hydroxylation is 1. The molecular formula is C15H22N4O2S2. The van der Waals surface area contributed by atoms with Gasteiger partial charge < -0.3 is 0 Å². The molecule has 6 nitrogen and oxygen atoms in total. The van der Waals surface area contributed by atoms with Crippen LogP contribution < -0.4 is 4.72 Å². The van der Waals surface area contributed by atoms with Crippen LogP contribution in [0.3, 0.4) is 0 Å². The number of aromatic nitrogens is 2. The van der Waals surface area contributed by atoms with E-state index >= 15 is 0 Å². The van der Waals surface area contributed by atoms with Gasteiger partial charge in [0.2, 0.25) is 10.0 Å².